The predicted octanol–water partition coefficient (Wildman–Crippen LogP) is 3.34. The summed E-state index contributed by atoms with van der Waals surface area (Å²) in [6.07, 6.45) is 3.83. The third-order valence-electron chi connectivity index (χ3n) is 5.93. The van der Waals surface area contributed by atoms with Crippen molar-refractivity contribution in [2.45, 2.75) is 33.6 Å². The molecule has 0 saturated heterocycles. The number of rotatable bonds is 9. The smallest absolute Gasteiger partial charge is 0.251 e. The van der Waals surface area contributed by atoms with Crippen molar-refractivity contribution < 1.29 is 9.59 Å². The van der Waals surface area contributed by atoms with Gasteiger partial charge in [-0.3, -0.25) is 9.59 Å². The van der Waals surface area contributed by atoms with E-state index in [0.29, 0.717) is 42.8 Å². The van der Waals surface area contributed by atoms with Crippen LogP contribution >= 0.6 is 0 Å². The number of nitrogens with zero attached hydrogens (tertiary/aromatic N) is 1. The van der Waals surface area contributed by atoms with E-state index < -0.39 is 0 Å². The summed E-state index contributed by atoms with van der Waals surface area (Å²) < 4.78 is 0. The van der Waals surface area contributed by atoms with Gasteiger partial charge in [0.2, 0.25) is 5.91 Å². The Morgan fingerprint density at radius 1 is 1.14 bits per heavy atom. The standard InChI is InChI=1S/C24H37N3O2/c1-17(2)22-14-20(15-23(28)25-11-12-27(4)5)18(3)13-21(22)16-26-24(29)19-9-7-6-8-10-19/h6-10,13,17,20-22H,11-12,14-16H2,1-5H3,(H,25,28)(H,26,29)/t20-,21-,22-/m0/s1. The monoisotopic (exact) mass is 399 g/mol. The molecular formula is C24H37N3O2. The van der Waals surface area contributed by atoms with Crippen LogP contribution in [0.5, 0.6) is 0 Å². The molecule has 1 aliphatic carbocycles. The van der Waals surface area contributed by atoms with Gasteiger partial charge in [0.05, 0.1) is 0 Å². The van der Waals surface area contributed by atoms with Crippen LogP contribution < -0.4 is 10.6 Å². The summed E-state index contributed by atoms with van der Waals surface area (Å²) in [5.41, 5.74) is 1.96. The summed E-state index contributed by atoms with van der Waals surface area (Å²) in [5.74, 6) is 1.63. The van der Waals surface area contributed by atoms with Crippen LogP contribution in [0.1, 0.15) is 44.0 Å². The highest BCUT2D eigenvalue weighted by molar-refractivity contribution is 5.94. The third-order valence-corrected chi connectivity index (χ3v) is 5.93. The molecule has 5 nitrogen and oxygen atoms in total. The van der Waals surface area contributed by atoms with E-state index in [2.05, 4.69) is 42.4 Å². The molecule has 0 fully saturated rings. The van der Waals surface area contributed by atoms with Gasteiger partial charge in [-0.25, -0.2) is 0 Å². The van der Waals surface area contributed by atoms with Gasteiger partial charge in [-0.2, -0.15) is 0 Å². The molecule has 0 heterocycles. The predicted molar refractivity (Wildman–Crippen MR) is 119 cm³/mol. The Morgan fingerprint density at radius 2 is 1.83 bits per heavy atom. The van der Waals surface area contributed by atoms with Gasteiger partial charge < -0.3 is 15.5 Å². The molecule has 2 N–H and O–H groups in total. The Hall–Kier alpha value is -2.14. The second-order valence-electron chi connectivity index (χ2n) is 8.85. The fourth-order valence-electron chi connectivity index (χ4n) is 4.12. The molecule has 0 unspecified atom stereocenters. The summed E-state index contributed by atoms with van der Waals surface area (Å²) in [6, 6.07) is 9.34. The van der Waals surface area contributed by atoms with E-state index in [-0.39, 0.29) is 17.7 Å². The minimum Gasteiger partial charge on any atom is -0.355 e. The summed E-state index contributed by atoms with van der Waals surface area (Å²) in [7, 11) is 4.01. The van der Waals surface area contributed by atoms with Crippen LogP contribution in [0, 0.1) is 23.7 Å². The average molecular weight is 400 g/mol. The van der Waals surface area contributed by atoms with Gasteiger partial charge in [0.25, 0.3) is 5.91 Å². The van der Waals surface area contributed by atoms with Crippen molar-refractivity contribution in [2.75, 3.05) is 33.7 Å². The molecule has 0 bridgehead atoms. The zero-order valence-electron chi connectivity index (χ0n) is 18.6. The van der Waals surface area contributed by atoms with E-state index in [1.54, 1.807) is 0 Å². The Balaban J connectivity index is 1.95. The minimum atomic E-state index is -0.0263. The van der Waals surface area contributed by atoms with Crippen LogP contribution in [0.2, 0.25) is 0 Å². The number of carbonyl (C=O) groups excluding carboxylic acids is 2. The molecular weight excluding hydrogens is 362 g/mol. The van der Waals surface area contributed by atoms with Crippen LogP contribution in [0.3, 0.4) is 0 Å². The fraction of sp³-hybridized carbons (Fsp3) is 0.583. The quantitative estimate of drug-likeness (QED) is 0.626. The summed E-state index contributed by atoms with van der Waals surface area (Å²) in [4.78, 5) is 26.8. The van der Waals surface area contributed by atoms with Crippen molar-refractivity contribution in [1.82, 2.24) is 15.5 Å². The zero-order chi connectivity index (χ0) is 21.4. The SMILES string of the molecule is CC1=C[C@@H](CNC(=O)c2ccccc2)[C@H](C(C)C)C[C@H]1CC(=O)NCCN(C)C. The number of carbonyl (C=O) groups is 2. The molecule has 0 aromatic heterocycles. The first kappa shape index (κ1) is 23.1. The van der Waals surface area contributed by atoms with E-state index >= 15 is 0 Å². The molecule has 1 aromatic carbocycles. The minimum absolute atomic E-state index is 0.0263. The number of hydrogen-bond donors (Lipinski definition) is 2. The Labute approximate surface area is 175 Å². The molecule has 0 spiro atoms. The van der Waals surface area contributed by atoms with Gasteiger partial charge in [-0.15, -0.1) is 0 Å². The fourth-order valence-corrected chi connectivity index (χ4v) is 4.12. The van der Waals surface area contributed by atoms with E-state index in [4.69, 9.17) is 0 Å². The van der Waals surface area contributed by atoms with Gasteiger partial charge in [-0.1, -0.05) is 43.7 Å². The van der Waals surface area contributed by atoms with Crippen molar-refractivity contribution >= 4 is 11.8 Å². The van der Waals surface area contributed by atoms with Gasteiger partial charge in [0.1, 0.15) is 0 Å². The number of allylic oxidation sites excluding steroid dienone is 1. The molecule has 5 heteroatoms. The second-order valence-corrected chi connectivity index (χ2v) is 8.85. The second kappa shape index (κ2) is 11.1. The molecule has 0 aliphatic heterocycles. The lowest BCUT2D eigenvalue weighted by atomic mass is 9.69. The van der Waals surface area contributed by atoms with Crippen molar-refractivity contribution in [3.63, 3.8) is 0 Å². The third kappa shape index (κ3) is 7.32. The first-order valence-corrected chi connectivity index (χ1v) is 10.7. The van der Waals surface area contributed by atoms with Crippen LogP contribution in [0.4, 0.5) is 0 Å². The zero-order valence-corrected chi connectivity index (χ0v) is 18.6. The maximum atomic E-state index is 12.4. The van der Waals surface area contributed by atoms with Gasteiger partial charge >= 0.3 is 0 Å². The highest BCUT2D eigenvalue weighted by Crippen LogP contribution is 2.38. The van der Waals surface area contributed by atoms with Gasteiger partial charge in [0.15, 0.2) is 0 Å². The van der Waals surface area contributed by atoms with Crippen LogP contribution in [0.15, 0.2) is 42.0 Å². The molecule has 1 aliphatic rings. The van der Waals surface area contributed by atoms with E-state index in [1.807, 2.05) is 44.4 Å². The molecule has 0 radical (unpaired) electrons. The maximum Gasteiger partial charge on any atom is 0.251 e. The van der Waals surface area contributed by atoms with Crippen molar-refractivity contribution in [1.29, 1.82) is 0 Å². The first-order chi connectivity index (χ1) is 13.8. The topological polar surface area (TPSA) is 61.4 Å². The highest BCUT2D eigenvalue weighted by atomic mass is 16.2. The van der Waals surface area contributed by atoms with Crippen molar-refractivity contribution in [3.8, 4) is 0 Å². The van der Waals surface area contributed by atoms with E-state index in [1.165, 1.54) is 5.57 Å². The number of benzene rings is 1. The van der Waals surface area contributed by atoms with E-state index in [0.717, 1.165) is 13.0 Å². The van der Waals surface area contributed by atoms with Gasteiger partial charge in [0, 0.05) is 31.6 Å². The Bertz CT molecular complexity index is 697. The Morgan fingerprint density at radius 3 is 2.45 bits per heavy atom. The lowest BCUT2D eigenvalue weighted by Gasteiger charge is -2.37. The summed E-state index contributed by atoms with van der Waals surface area (Å²) in [6.45, 7) is 8.76. The molecule has 29 heavy (non-hydrogen) atoms. The van der Waals surface area contributed by atoms with E-state index in [9.17, 15) is 9.59 Å². The molecule has 160 valence electrons. The number of amides is 2. The lowest BCUT2D eigenvalue weighted by Crippen LogP contribution is -2.38. The van der Waals surface area contributed by atoms with Crippen LogP contribution in [0.25, 0.3) is 0 Å². The molecule has 3 atom stereocenters. The van der Waals surface area contributed by atoms with Crippen molar-refractivity contribution in [2.24, 2.45) is 23.7 Å². The molecule has 0 saturated carbocycles. The van der Waals surface area contributed by atoms with Crippen LogP contribution in [-0.2, 0) is 4.79 Å². The number of likely N-dealkylation sites (N-methyl/N-ethyl adjacent to an activating group) is 1. The Kier molecular flexibility index (Phi) is 8.90. The van der Waals surface area contributed by atoms with Crippen LogP contribution in [-0.4, -0.2) is 50.4 Å². The first-order valence-electron chi connectivity index (χ1n) is 10.7. The highest BCUT2D eigenvalue weighted by Gasteiger charge is 2.32. The summed E-state index contributed by atoms with van der Waals surface area (Å²) >= 11 is 0. The normalized spacial score (nSPS) is 21.8. The molecule has 1 aromatic rings. The largest absolute Gasteiger partial charge is 0.355 e. The lowest BCUT2D eigenvalue weighted by molar-refractivity contribution is -0.122. The number of hydrogen-bond acceptors (Lipinski definition) is 3. The molecule has 2 amide bonds. The average Bonchev–Trinajstić information content (AvgIpc) is 2.67. The van der Waals surface area contributed by atoms with Gasteiger partial charge in [-0.05, 0) is 63.2 Å². The molecule has 2 rings (SSSR count). The summed E-state index contributed by atoms with van der Waals surface area (Å²) in [5, 5.41) is 6.13. The number of nitrogens with one attached hydrogen (secondary N) is 2. The maximum absolute atomic E-state index is 12.4. The van der Waals surface area contributed by atoms with Crippen molar-refractivity contribution in [3.05, 3.63) is 47.5 Å².